The summed E-state index contributed by atoms with van der Waals surface area (Å²) in [4.78, 5) is 4.67. The highest BCUT2D eigenvalue weighted by molar-refractivity contribution is 6.18. The number of nitrogens with one attached hydrogen (secondary N) is 1. The highest BCUT2D eigenvalue weighted by atomic mass is 35.5. The van der Waals surface area contributed by atoms with Crippen molar-refractivity contribution >= 4 is 28.3 Å². The minimum atomic E-state index is 0.257. The summed E-state index contributed by atoms with van der Waals surface area (Å²) in [6.07, 6.45) is 6.43. The number of aromatic nitrogens is 1. The van der Waals surface area contributed by atoms with E-state index in [0.29, 0.717) is 0 Å². The lowest BCUT2D eigenvalue weighted by molar-refractivity contribution is 0.238. The molecule has 2 aromatic rings. The fourth-order valence-corrected chi connectivity index (χ4v) is 3.46. The Labute approximate surface area is 125 Å². The van der Waals surface area contributed by atoms with Crippen LogP contribution in [0.4, 0.5) is 5.82 Å². The van der Waals surface area contributed by atoms with Crippen molar-refractivity contribution in [1.29, 1.82) is 0 Å². The molecule has 0 aliphatic heterocycles. The molecule has 1 aromatic carbocycles. The second-order valence-corrected chi connectivity index (χ2v) is 6.20. The molecule has 0 spiro atoms. The maximum absolute atomic E-state index is 6.24. The number of hydrogen-bond donors (Lipinski definition) is 1. The average Bonchev–Trinajstić information content (AvgIpc) is 2.54. The minimum Gasteiger partial charge on any atom is -0.369 e. The van der Waals surface area contributed by atoms with Crippen molar-refractivity contribution in [2.45, 2.75) is 32.1 Å². The Morgan fingerprint density at radius 2 is 1.85 bits per heavy atom. The summed E-state index contributed by atoms with van der Waals surface area (Å²) >= 11 is 6.24. The standard InChI is InChI=1S/C17H21ClN2/c18-12-17(10-4-1-5-11-17)13-19-16-9-8-14-6-2-3-7-15(14)20-16/h2-3,6-9H,1,4-5,10-13H2,(H,19,20). The Hall–Kier alpha value is -1.28. The first-order chi connectivity index (χ1) is 9.81. The number of halogens is 1. The molecule has 0 atom stereocenters. The van der Waals surface area contributed by atoms with Gasteiger partial charge < -0.3 is 5.32 Å². The van der Waals surface area contributed by atoms with Gasteiger partial charge in [0.05, 0.1) is 5.52 Å². The Kier molecular flexibility index (Phi) is 4.11. The number of anilines is 1. The van der Waals surface area contributed by atoms with Crippen molar-refractivity contribution < 1.29 is 0 Å². The number of hydrogen-bond acceptors (Lipinski definition) is 2. The number of alkyl halides is 1. The maximum Gasteiger partial charge on any atom is 0.126 e. The van der Waals surface area contributed by atoms with Crippen LogP contribution in [0.1, 0.15) is 32.1 Å². The first-order valence-electron chi connectivity index (χ1n) is 7.47. The third-order valence-electron chi connectivity index (χ3n) is 4.44. The van der Waals surface area contributed by atoms with E-state index >= 15 is 0 Å². The average molecular weight is 289 g/mol. The van der Waals surface area contributed by atoms with Gasteiger partial charge >= 0.3 is 0 Å². The monoisotopic (exact) mass is 288 g/mol. The molecule has 1 aliphatic carbocycles. The molecule has 0 amide bonds. The molecule has 0 unspecified atom stereocenters. The van der Waals surface area contributed by atoms with Crippen LogP contribution in [0.3, 0.4) is 0 Å². The predicted molar refractivity (Wildman–Crippen MR) is 86.5 cm³/mol. The van der Waals surface area contributed by atoms with Crippen LogP contribution in [0.25, 0.3) is 10.9 Å². The van der Waals surface area contributed by atoms with Crippen molar-refractivity contribution in [3.63, 3.8) is 0 Å². The zero-order valence-electron chi connectivity index (χ0n) is 11.7. The summed E-state index contributed by atoms with van der Waals surface area (Å²) in [5.41, 5.74) is 1.30. The number of fused-ring (bicyclic) bond motifs is 1. The van der Waals surface area contributed by atoms with Gasteiger partial charge in [0.15, 0.2) is 0 Å². The van der Waals surface area contributed by atoms with Crippen LogP contribution in [-0.4, -0.2) is 17.4 Å². The molecule has 3 rings (SSSR count). The molecule has 0 radical (unpaired) electrons. The largest absolute Gasteiger partial charge is 0.369 e. The van der Waals surface area contributed by atoms with Gasteiger partial charge in [0.25, 0.3) is 0 Å². The van der Waals surface area contributed by atoms with Gasteiger partial charge in [-0.3, -0.25) is 0 Å². The molecule has 1 saturated carbocycles. The summed E-state index contributed by atoms with van der Waals surface area (Å²) in [6, 6.07) is 12.4. The molecule has 1 N–H and O–H groups in total. The topological polar surface area (TPSA) is 24.9 Å². The zero-order valence-corrected chi connectivity index (χ0v) is 12.5. The fraction of sp³-hybridized carbons (Fsp3) is 0.471. The van der Waals surface area contributed by atoms with E-state index in [4.69, 9.17) is 11.6 Å². The number of para-hydroxylation sites is 1. The van der Waals surface area contributed by atoms with Gasteiger partial charge in [-0.05, 0) is 31.0 Å². The third-order valence-corrected chi connectivity index (χ3v) is 5.01. The van der Waals surface area contributed by atoms with Crippen molar-refractivity contribution in [2.24, 2.45) is 5.41 Å². The smallest absolute Gasteiger partial charge is 0.126 e. The summed E-state index contributed by atoms with van der Waals surface area (Å²) in [7, 11) is 0. The molecule has 1 heterocycles. The van der Waals surface area contributed by atoms with Crippen LogP contribution in [0, 0.1) is 5.41 Å². The Balaban J connectivity index is 1.72. The van der Waals surface area contributed by atoms with E-state index in [1.807, 2.05) is 12.1 Å². The molecule has 0 bridgehead atoms. The summed E-state index contributed by atoms with van der Waals surface area (Å²) in [5.74, 6) is 1.70. The second kappa shape index (κ2) is 6.01. The van der Waals surface area contributed by atoms with Crippen molar-refractivity contribution in [3.8, 4) is 0 Å². The molecule has 1 aliphatic rings. The predicted octanol–water partition coefficient (Wildman–Crippen LogP) is 4.84. The van der Waals surface area contributed by atoms with Crippen molar-refractivity contribution in [2.75, 3.05) is 17.7 Å². The first-order valence-corrected chi connectivity index (χ1v) is 8.00. The van der Waals surface area contributed by atoms with Gasteiger partial charge in [-0.2, -0.15) is 0 Å². The van der Waals surface area contributed by atoms with E-state index < -0.39 is 0 Å². The van der Waals surface area contributed by atoms with Crippen LogP contribution in [0.2, 0.25) is 0 Å². The van der Waals surface area contributed by atoms with Crippen LogP contribution >= 0.6 is 11.6 Å². The van der Waals surface area contributed by atoms with E-state index in [-0.39, 0.29) is 5.41 Å². The van der Waals surface area contributed by atoms with E-state index in [1.165, 1.54) is 37.5 Å². The highest BCUT2D eigenvalue weighted by Crippen LogP contribution is 2.37. The van der Waals surface area contributed by atoms with E-state index in [9.17, 15) is 0 Å². The molecule has 1 fully saturated rings. The van der Waals surface area contributed by atoms with Crippen LogP contribution in [0.15, 0.2) is 36.4 Å². The van der Waals surface area contributed by atoms with E-state index in [2.05, 4.69) is 34.6 Å². The number of nitrogens with zero attached hydrogens (tertiary/aromatic N) is 1. The first kappa shape index (κ1) is 13.7. The molecule has 0 saturated heterocycles. The number of rotatable bonds is 4. The Morgan fingerprint density at radius 3 is 2.65 bits per heavy atom. The Morgan fingerprint density at radius 1 is 1.05 bits per heavy atom. The van der Waals surface area contributed by atoms with Gasteiger partial charge in [-0.25, -0.2) is 4.98 Å². The van der Waals surface area contributed by atoms with Gasteiger partial charge in [0.2, 0.25) is 0 Å². The molecular weight excluding hydrogens is 268 g/mol. The van der Waals surface area contributed by atoms with Crippen molar-refractivity contribution in [3.05, 3.63) is 36.4 Å². The Bertz CT molecular complexity index is 576. The molecule has 1 aromatic heterocycles. The van der Waals surface area contributed by atoms with Crippen LogP contribution in [-0.2, 0) is 0 Å². The maximum atomic E-state index is 6.24. The lowest BCUT2D eigenvalue weighted by Crippen LogP contribution is -2.34. The van der Waals surface area contributed by atoms with Crippen molar-refractivity contribution in [1.82, 2.24) is 4.98 Å². The third kappa shape index (κ3) is 2.90. The quantitative estimate of drug-likeness (QED) is 0.815. The van der Waals surface area contributed by atoms with Gasteiger partial charge in [-0.1, -0.05) is 37.5 Å². The molecule has 3 heteroatoms. The SMILES string of the molecule is ClCC1(CNc2ccc3ccccc3n2)CCCCC1. The highest BCUT2D eigenvalue weighted by Gasteiger charge is 2.30. The van der Waals surface area contributed by atoms with E-state index in [1.54, 1.807) is 0 Å². The molecule has 20 heavy (non-hydrogen) atoms. The number of pyridine rings is 1. The number of benzene rings is 1. The van der Waals surface area contributed by atoms with Crippen LogP contribution < -0.4 is 5.32 Å². The molecule has 2 nitrogen and oxygen atoms in total. The molecular formula is C17H21ClN2. The van der Waals surface area contributed by atoms with Crippen LogP contribution in [0.5, 0.6) is 0 Å². The second-order valence-electron chi connectivity index (χ2n) is 5.94. The van der Waals surface area contributed by atoms with Gasteiger partial charge in [-0.15, -0.1) is 11.6 Å². The lowest BCUT2D eigenvalue weighted by atomic mass is 9.75. The van der Waals surface area contributed by atoms with Gasteiger partial charge in [0.1, 0.15) is 5.82 Å². The lowest BCUT2D eigenvalue weighted by Gasteiger charge is -2.35. The summed E-state index contributed by atoms with van der Waals surface area (Å²) in [5, 5.41) is 4.69. The van der Waals surface area contributed by atoms with Gasteiger partial charge in [0, 0.05) is 23.2 Å². The minimum absolute atomic E-state index is 0.257. The van der Waals surface area contributed by atoms with E-state index in [0.717, 1.165) is 23.8 Å². The normalized spacial score (nSPS) is 18.1. The molecule has 106 valence electrons. The fourth-order valence-electron chi connectivity index (χ4n) is 3.10. The summed E-state index contributed by atoms with van der Waals surface area (Å²) in [6.45, 7) is 0.932. The summed E-state index contributed by atoms with van der Waals surface area (Å²) < 4.78 is 0. The zero-order chi connectivity index (χ0) is 13.8.